The van der Waals surface area contributed by atoms with Crippen LogP contribution in [0.25, 0.3) is 0 Å². The first kappa shape index (κ1) is 75.7. The molecule has 94 heavy (non-hydrogen) atoms. The quantitative estimate of drug-likeness (QED) is 0.0156. The Kier molecular flexibility index (Phi) is 32.4. The van der Waals surface area contributed by atoms with Crippen molar-refractivity contribution in [2.24, 2.45) is 38.7 Å². The van der Waals surface area contributed by atoms with Gasteiger partial charge in [-0.1, -0.05) is 66.7 Å². The number of carbonyl (C=O) groups excluding carboxylic acids is 12. The van der Waals surface area contributed by atoms with Gasteiger partial charge in [-0.15, -0.1) is 0 Å². The number of aliphatic carboxylic acids is 2. The van der Waals surface area contributed by atoms with Gasteiger partial charge in [0.2, 0.25) is 65.0 Å². The number of amides is 12. The van der Waals surface area contributed by atoms with Gasteiger partial charge in [-0.05, 0) is 75.3 Å². The van der Waals surface area contributed by atoms with Crippen molar-refractivity contribution in [3.05, 3.63) is 83.6 Å². The second-order valence-electron chi connectivity index (χ2n) is 22.0. The molecule has 0 bridgehead atoms. The van der Waals surface area contributed by atoms with E-state index in [9.17, 15) is 77.3 Å². The zero-order chi connectivity index (χ0) is 69.1. The Bertz CT molecular complexity index is 3090. The number of guanidine groups is 2. The third-order valence-electron chi connectivity index (χ3n) is 14.3. The number of nitrogens with two attached hydrogens (primary N) is 5. The van der Waals surface area contributed by atoms with Crippen molar-refractivity contribution in [2.75, 3.05) is 39.3 Å². The number of carbonyl (C=O) groups is 14. The second kappa shape index (κ2) is 40.2. The molecule has 2 aromatic rings. The second-order valence-corrected chi connectivity index (χ2v) is 22.0. The summed E-state index contributed by atoms with van der Waals surface area (Å²) in [6, 6.07) is 5.46. The van der Waals surface area contributed by atoms with E-state index in [4.69, 9.17) is 28.7 Å². The highest BCUT2D eigenvalue weighted by atomic mass is 16.4. The number of allylic oxidation sites excluding steroid dienone is 1. The SMILES string of the molecule is NC(N)=NCCC[C@@H]1NC(=O)CNC(=O)[C@@H](CC(=O)O)NC(=O)[C@@H](Cc2ccccc2)NC(=O)C(=CCCCNC(=O)[C@@H](N)CCC(=O)NCCCC[C@H]2NC(=O)[C@H](CCCN=C(N)N)NC(=O)CNC(=O)[C@@H](CC(=O)O)NC(=O)[C@@H](Cc3ccccc3)NC2=O)NC1=O. The summed E-state index contributed by atoms with van der Waals surface area (Å²) in [6.45, 7) is -1.30. The lowest BCUT2D eigenvalue weighted by Gasteiger charge is -2.26. The van der Waals surface area contributed by atoms with E-state index in [0.29, 0.717) is 11.1 Å². The number of nitrogens with one attached hydrogen (secondary N) is 12. The van der Waals surface area contributed by atoms with E-state index in [0.717, 1.165) is 0 Å². The minimum atomic E-state index is -1.69. The van der Waals surface area contributed by atoms with E-state index in [-0.39, 0.29) is 127 Å². The van der Waals surface area contributed by atoms with Crippen LogP contribution in [0.3, 0.4) is 0 Å². The van der Waals surface area contributed by atoms with Crippen LogP contribution in [-0.2, 0) is 80.0 Å². The summed E-state index contributed by atoms with van der Waals surface area (Å²) in [5.74, 6) is -13.7. The first-order chi connectivity index (χ1) is 44.8. The molecule has 0 radical (unpaired) electrons. The molecule has 24 N–H and O–H groups in total. The summed E-state index contributed by atoms with van der Waals surface area (Å²) in [4.78, 5) is 194. The van der Waals surface area contributed by atoms with Gasteiger partial charge in [-0.2, -0.15) is 0 Å². The number of unbranched alkanes of at least 4 members (excludes halogenated alkanes) is 2. The molecule has 35 nitrogen and oxygen atoms in total. The summed E-state index contributed by atoms with van der Waals surface area (Å²) in [5.41, 5.74) is 28.7. The van der Waals surface area contributed by atoms with Crippen LogP contribution in [0.2, 0.25) is 0 Å². The summed E-state index contributed by atoms with van der Waals surface area (Å²) < 4.78 is 0. The normalized spacial score (nSPS) is 21.2. The molecule has 2 heterocycles. The van der Waals surface area contributed by atoms with Crippen molar-refractivity contribution >= 4 is 94.7 Å². The van der Waals surface area contributed by atoms with Crippen molar-refractivity contribution in [1.29, 1.82) is 0 Å². The molecule has 0 saturated carbocycles. The molecule has 0 spiro atoms. The van der Waals surface area contributed by atoms with Crippen molar-refractivity contribution in [3.8, 4) is 0 Å². The molecular formula is C59H85N19O16. The molecule has 2 aromatic carbocycles. The van der Waals surface area contributed by atoms with E-state index < -0.39 is 157 Å². The van der Waals surface area contributed by atoms with Gasteiger partial charge in [0.05, 0.1) is 32.0 Å². The van der Waals surface area contributed by atoms with Gasteiger partial charge in [0.15, 0.2) is 11.9 Å². The molecule has 2 saturated heterocycles. The smallest absolute Gasteiger partial charge is 0.305 e. The van der Waals surface area contributed by atoms with E-state index in [1.54, 1.807) is 60.7 Å². The molecule has 2 aliphatic heterocycles. The highest BCUT2D eigenvalue weighted by Gasteiger charge is 2.35. The number of rotatable bonds is 29. The highest BCUT2D eigenvalue weighted by molar-refractivity contribution is 6.03. The number of carboxylic acids is 2. The summed E-state index contributed by atoms with van der Waals surface area (Å²) in [6.07, 6.45) is -0.296. The average Bonchev–Trinajstić information content (AvgIpc) is 1.39. The summed E-state index contributed by atoms with van der Waals surface area (Å²) in [5, 5.41) is 49.2. The van der Waals surface area contributed by atoms with Crippen LogP contribution >= 0.6 is 0 Å². The largest absolute Gasteiger partial charge is 0.481 e. The summed E-state index contributed by atoms with van der Waals surface area (Å²) >= 11 is 0. The zero-order valence-electron chi connectivity index (χ0n) is 51.7. The Balaban J connectivity index is 1.41. The predicted octanol–water partition coefficient (Wildman–Crippen LogP) is -6.53. The van der Waals surface area contributed by atoms with Gasteiger partial charge in [-0.3, -0.25) is 77.1 Å². The molecule has 0 aromatic heterocycles. The number of benzene rings is 2. The molecule has 4 rings (SSSR count). The molecule has 12 amide bonds. The van der Waals surface area contributed by atoms with Crippen molar-refractivity contribution in [3.63, 3.8) is 0 Å². The van der Waals surface area contributed by atoms with Crippen LogP contribution in [-0.4, -0.2) is 193 Å². The maximum Gasteiger partial charge on any atom is 0.305 e. The number of hydrogen-bond acceptors (Lipinski definition) is 17. The highest BCUT2D eigenvalue weighted by Crippen LogP contribution is 2.12. The standard InChI is InChI=1S/C59H85N19O16/c60-35(49(86)66-24-10-8-18-39-55(92)76-41(28-34-15-5-2-6-16-34)57(94)78-43(30-48(84)85)51(88)70-32-46(81)72-37(53(90)74-39)20-12-26-68-59(63)64)21-22-44(79)65-23-9-7-17-38-54(91)75-40(27-33-13-3-1-4-14-33)56(93)77-42(29-47(82)83)50(87)69-31-45(80)71-36(52(89)73-38)19-11-25-67-58(61)62/h1-6,13-16,18,35-38,40-43H,7-12,17,19-32,60H2,(H,65,79)(H,66,86)(H,69,87)(H,70,88)(H,71,80)(H,72,81)(H,73,89)(H,74,90)(H,75,91)(H,76,92)(H,77,93)(H,78,94)(H,82,83)(H,84,85)(H4,61,62,67)(H4,63,64,68)/t35-,36-,37-,38+,40+,41+,42+,43+/m0/s1. The lowest BCUT2D eigenvalue weighted by Crippen LogP contribution is -2.58. The molecule has 2 aliphatic rings. The van der Waals surface area contributed by atoms with Gasteiger partial charge in [0.25, 0.3) is 5.91 Å². The fourth-order valence-corrected chi connectivity index (χ4v) is 9.42. The van der Waals surface area contributed by atoms with Crippen molar-refractivity contribution in [1.82, 2.24) is 63.8 Å². The van der Waals surface area contributed by atoms with Crippen LogP contribution in [0, 0.1) is 0 Å². The monoisotopic (exact) mass is 1320 g/mol. The maximum absolute atomic E-state index is 14.2. The Morgan fingerprint density at radius 1 is 0.511 bits per heavy atom. The van der Waals surface area contributed by atoms with E-state index >= 15 is 0 Å². The molecule has 512 valence electrons. The Labute approximate surface area is 540 Å². The number of nitrogens with zero attached hydrogens (tertiary/aromatic N) is 2. The Morgan fingerprint density at radius 2 is 0.936 bits per heavy atom. The van der Waals surface area contributed by atoms with Crippen LogP contribution < -0.4 is 92.5 Å². The van der Waals surface area contributed by atoms with E-state index in [2.05, 4.69) is 73.8 Å². The fraction of sp³-hybridized carbons (Fsp3) is 0.492. The third kappa shape index (κ3) is 29.0. The zero-order valence-corrected chi connectivity index (χ0v) is 51.7. The fourth-order valence-electron chi connectivity index (χ4n) is 9.42. The number of aliphatic imine (C=N–C) groups is 2. The Morgan fingerprint density at radius 3 is 1.43 bits per heavy atom. The Hall–Kier alpha value is -10.7. The number of hydrogen-bond donors (Lipinski definition) is 19. The van der Waals surface area contributed by atoms with Gasteiger partial charge < -0.3 is 103 Å². The lowest BCUT2D eigenvalue weighted by molar-refractivity contribution is -0.141. The molecule has 8 atom stereocenters. The van der Waals surface area contributed by atoms with Gasteiger partial charge >= 0.3 is 11.9 Å². The minimum Gasteiger partial charge on any atom is -0.481 e. The average molecular weight is 1320 g/mol. The third-order valence-corrected chi connectivity index (χ3v) is 14.3. The molecular weight excluding hydrogens is 1230 g/mol. The van der Waals surface area contributed by atoms with Crippen LogP contribution in [0.4, 0.5) is 0 Å². The van der Waals surface area contributed by atoms with Gasteiger partial charge in [0.1, 0.15) is 48.0 Å². The minimum absolute atomic E-state index is 0.0129. The lowest BCUT2D eigenvalue weighted by atomic mass is 10.0. The van der Waals surface area contributed by atoms with Crippen molar-refractivity contribution in [2.45, 2.75) is 145 Å². The van der Waals surface area contributed by atoms with Crippen LogP contribution in [0.1, 0.15) is 94.6 Å². The molecule has 35 heteroatoms. The number of carboxylic acid groups (broad SMARTS) is 2. The predicted molar refractivity (Wildman–Crippen MR) is 337 cm³/mol. The topological polar surface area (TPSA) is 579 Å². The maximum atomic E-state index is 14.2. The molecule has 2 fully saturated rings. The van der Waals surface area contributed by atoms with E-state index in [1.165, 1.54) is 6.08 Å². The first-order valence-corrected chi connectivity index (χ1v) is 30.4. The molecule has 0 aliphatic carbocycles. The summed E-state index contributed by atoms with van der Waals surface area (Å²) in [7, 11) is 0. The first-order valence-electron chi connectivity index (χ1n) is 30.4. The van der Waals surface area contributed by atoms with Gasteiger partial charge in [-0.25, -0.2) is 0 Å². The van der Waals surface area contributed by atoms with Crippen LogP contribution in [0.15, 0.2) is 82.4 Å². The van der Waals surface area contributed by atoms with Crippen LogP contribution in [0.5, 0.6) is 0 Å². The van der Waals surface area contributed by atoms with Crippen molar-refractivity contribution < 1.29 is 77.3 Å². The van der Waals surface area contributed by atoms with Gasteiger partial charge in [0, 0.05) is 45.4 Å². The van der Waals surface area contributed by atoms with E-state index in [1.807, 2.05) is 0 Å². The molecule has 0 unspecified atom stereocenters.